The van der Waals surface area contributed by atoms with Crippen molar-refractivity contribution in [2.45, 2.75) is 64.0 Å². The molecule has 1 aliphatic heterocycles. The van der Waals surface area contributed by atoms with Crippen LogP contribution in [0, 0.1) is 0 Å². The van der Waals surface area contributed by atoms with E-state index < -0.39 is 47.7 Å². The van der Waals surface area contributed by atoms with E-state index in [2.05, 4.69) is 52.8 Å². The van der Waals surface area contributed by atoms with Gasteiger partial charge in [-0.15, -0.1) is 0 Å². The Morgan fingerprint density at radius 1 is 0.484 bits per heavy atom. The fraction of sp³-hybridized carbons (Fsp3) is 0.453. The number of hydrogen-bond donors (Lipinski definition) is 14. The number of carbonyl (C=O) groups excluding carboxylic acids is 7. The second-order valence-electron chi connectivity index (χ2n) is 22.1. The minimum Gasteiger partial charge on any atom is -0.508 e. The monoisotopic (exact) mass is 1290 g/mol. The molecule has 1 unspecified atom stereocenters. The van der Waals surface area contributed by atoms with Gasteiger partial charge in [0.25, 0.3) is 11.8 Å². The number of carboxylic acids is 3. The van der Waals surface area contributed by atoms with Crippen LogP contribution in [0.15, 0.2) is 108 Å². The normalized spacial score (nSPS) is 14.3. The Morgan fingerprint density at radius 3 is 1.48 bits per heavy atom. The summed E-state index contributed by atoms with van der Waals surface area (Å²) < 4.78 is 0. The van der Waals surface area contributed by atoms with Crippen molar-refractivity contribution >= 4 is 71.0 Å². The number of aliphatic carboxylic acids is 3. The fourth-order valence-electron chi connectivity index (χ4n) is 9.82. The van der Waals surface area contributed by atoms with Crippen LogP contribution in [-0.2, 0) is 40.1 Å². The molecule has 0 bridgehead atoms. The molecule has 0 spiro atoms. The van der Waals surface area contributed by atoms with E-state index >= 15 is 0 Å². The fourth-order valence-corrected chi connectivity index (χ4v) is 9.82. The quantitative estimate of drug-likeness (QED) is 0.0170. The lowest BCUT2D eigenvalue weighted by molar-refractivity contribution is -0.140. The molecule has 29 nitrogen and oxygen atoms in total. The molecule has 5 rings (SSSR count). The van der Waals surface area contributed by atoms with E-state index in [-0.39, 0.29) is 133 Å². The van der Waals surface area contributed by atoms with Gasteiger partial charge in [0.1, 0.15) is 11.8 Å². The van der Waals surface area contributed by atoms with Crippen molar-refractivity contribution in [2.24, 2.45) is 10.7 Å². The Kier molecular flexibility index (Phi) is 32.6. The van der Waals surface area contributed by atoms with Gasteiger partial charge in [0, 0.05) is 128 Å². The number of aromatic hydroxyl groups is 1. The molecule has 1 fully saturated rings. The molecule has 1 saturated heterocycles. The van der Waals surface area contributed by atoms with Crippen molar-refractivity contribution in [3.05, 3.63) is 131 Å². The third kappa shape index (κ3) is 29.4. The highest BCUT2D eigenvalue weighted by Crippen LogP contribution is 2.27. The van der Waals surface area contributed by atoms with Crippen LogP contribution in [0.1, 0.15) is 88.8 Å². The van der Waals surface area contributed by atoms with E-state index in [0.717, 1.165) is 11.3 Å². The van der Waals surface area contributed by atoms with Crippen molar-refractivity contribution in [2.75, 3.05) is 130 Å². The zero-order valence-electron chi connectivity index (χ0n) is 52.5. The summed E-state index contributed by atoms with van der Waals surface area (Å²) >= 11 is 0. The van der Waals surface area contributed by atoms with Crippen molar-refractivity contribution < 1.29 is 68.4 Å². The molecule has 1 heterocycles. The molecule has 4 aromatic carbocycles. The van der Waals surface area contributed by atoms with Gasteiger partial charge >= 0.3 is 23.9 Å². The van der Waals surface area contributed by atoms with E-state index in [9.17, 15) is 68.4 Å². The number of guanidine groups is 1. The Morgan fingerprint density at radius 2 is 0.957 bits per heavy atom. The number of carboxylic acid groups (broad SMARTS) is 3. The van der Waals surface area contributed by atoms with Crippen molar-refractivity contribution in [1.29, 1.82) is 0 Å². The Labute approximate surface area is 540 Å². The molecular weight excluding hydrogens is 1200 g/mol. The first-order valence-electron chi connectivity index (χ1n) is 31.1. The number of benzene rings is 4. The van der Waals surface area contributed by atoms with Gasteiger partial charge in [0.2, 0.25) is 23.6 Å². The van der Waals surface area contributed by atoms with E-state index in [1.54, 1.807) is 58.0 Å². The predicted octanol–water partition coefficient (Wildman–Crippen LogP) is 0.579. The summed E-state index contributed by atoms with van der Waals surface area (Å²) in [5, 5.41) is 64.0. The molecule has 8 amide bonds. The van der Waals surface area contributed by atoms with Crippen LogP contribution in [0.5, 0.6) is 5.75 Å². The smallest absolute Gasteiger partial charge is 0.344 e. The molecule has 0 aromatic heterocycles. The zero-order chi connectivity index (χ0) is 67.3. The van der Waals surface area contributed by atoms with Gasteiger partial charge in [-0.25, -0.2) is 4.79 Å². The first kappa shape index (κ1) is 74.0. The maximum absolute atomic E-state index is 14.4. The van der Waals surface area contributed by atoms with Gasteiger partial charge < -0.3 is 74.0 Å². The van der Waals surface area contributed by atoms with Gasteiger partial charge in [-0.1, -0.05) is 61.5 Å². The standard InChI is InChI=1S/C64H89N15O14/c1-2-53(81)68-30-31-72-64(93)75-63(65)71-27-8-12-52(61(91)73-40-45-13-23-51(80)24-14-45)74-62(92)58(46-10-4-3-5-11-46)47-19-21-50(22-20-47)66-28-9-29-70-60(90)49-17-15-48(16-18-49)59(89)69-26-7-6-25-67-54(82)41-76-32-34-77(42-55(83)84)36-38-79(44-57(87)88)39-37-78(35-33-76)43-56(85)86/h3-5,10-11,13-24,52,58,66,80H,2,6-9,12,25-44H2,1H3,(H,67,82)(H,68,81)(H,69,89)(H,70,90)(H,73,91)(H,74,92)(H,83,84)(H,85,86)(H,87,88)(H4,65,71,72,75,93)/t52-,58?/m1/s1. The number of amides is 8. The van der Waals surface area contributed by atoms with Crippen LogP contribution in [0.2, 0.25) is 0 Å². The summed E-state index contributed by atoms with van der Waals surface area (Å²) in [7, 11) is 0. The SMILES string of the molecule is CCC(=O)NCCNC(=O)/N=C(/N)NCCC[C@@H](NC(=O)C(c1ccccc1)c1ccc(NCCCNC(=O)c2ccc(C(=O)NCCCCNC(=O)CN3CCN(CC(=O)O)CCN(CC(=O)O)CCN(CC(=O)O)CC3)cc2)cc1)C(=O)NCc1ccc(O)cc1. The minimum absolute atomic E-state index is 0.0102. The number of aliphatic imine (C=N–C) groups is 1. The molecular formula is C64H89N15O14. The third-order valence-electron chi connectivity index (χ3n) is 14.9. The highest BCUT2D eigenvalue weighted by Gasteiger charge is 2.29. The van der Waals surface area contributed by atoms with E-state index in [1.807, 2.05) is 59.5 Å². The number of rotatable bonds is 35. The summed E-state index contributed by atoms with van der Waals surface area (Å²) in [5.74, 6) is -5.94. The lowest BCUT2D eigenvalue weighted by Gasteiger charge is -2.32. The van der Waals surface area contributed by atoms with Crippen LogP contribution in [0.25, 0.3) is 0 Å². The average molecular weight is 1290 g/mol. The van der Waals surface area contributed by atoms with Crippen LogP contribution in [0.4, 0.5) is 10.5 Å². The minimum atomic E-state index is -1.05. The first-order chi connectivity index (χ1) is 44.7. The summed E-state index contributed by atoms with van der Waals surface area (Å²) in [5.41, 5.74) is 9.53. The topological polar surface area (TPSA) is 411 Å². The lowest BCUT2D eigenvalue weighted by Crippen LogP contribution is -2.49. The maximum atomic E-state index is 14.4. The molecule has 29 heteroatoms. The van der Waals surface area contributed by atoms with Gasteiger partial charge in [0.05, 0.1) is 32.1 Å². The van der Waals surface area contributed by atoms with Crippen LogP contribution < -0.4 is 53.6 Å². The molecule has 2 atom stereocenters. The van der Waals surface area contributed by atoms with Crippen molar-refractivity contribution in [3.8, 4) is 5.75 Å². The number of urea groups is 1. The van der Waals surface area contributed by atoms with Crippen molar-refractivity contribution in [3.63, 3.8) is 0 Å². The van der Waals surface area contributed by atoms with Crippen molar-refractivity contribution in [1.82, 2.24) is 62.1 Å². The largest absolute Gasteiger partial charge is 0.508 e. The van der Waals surface area contributed by atoms with Crippen LogP contribution in [-0.4, -0.2) is 236 Å². The first-order valence-corrected chi connectivity index (χ1v) is 31.1. The zero-order valence-corrected chi connectivity index (χ0v) is 52.5. The Hall–Kier alpha value is -9.71. The number of hydrogen-bond acceptors (Lipinski definition) is 16. The molecule has 4 aromatic rings. The Bertz CT molecular complexity index is 3050. The molecule has 15 N–H and O–H groups in total. The van der Waals surface area contributed by atoms with E-state index in [4.69, 9.17) is 5.73 Å². The summed E-state index contributed by atoms with van der Waals surface area (Å²) in [6, 6.07) is 27.4. The molecule has 93 heavy (non-hydrogen) atoms. The summed E-state index contributed by atoms with van der Waals surface area (Å²) in [6.07, 6.45) is 2.51. The summed E-state index contributed by atoms with van der Waals surface area (Å²) in [4.78, 5) is 136. The van der Waals surface area contributed by atoms with Gasteiger partial charge in [-0.2, -0.15) is 4.99 Å². The second-order valence-corrected chi connectivity index (χ2v) is 22.1. The van der Waals surface area contributed by atoms with Gasteiger partial charge in [-0.3, -0.25) is 62.8 Å². The number of nitrogens with two attached hydrogens (primary N) is 1. The Balaban J connectivity index is 1.04. The van der Waals surface area contributed by atoms with E-state index in [1.165, 1.54) is 12.1 Å². The number of phenolic OH excluding ortho intramolecular Hbond substituents is 1. The molecule has 0 radical (unpaired) electrons. The number of nitrogens with one attached hydrogen (secondary N) is 9. The van der Waals surface area contributed by atoms with Crippen LogP contribution in [0.3, 0.4) is 0 Å². The summed E-state index contributed by atoms with van der Waals surface area (Å²) in [6.45, 7) is 5.41. The number of unbranched alkanes of at least 4 members (excludes halogenated alkanes) is 1. The van der Waals surface area contributed by atoms with Gasteiger partial charge in [-0.05, 0) is 97.3 Å². The lowest BCUT2D eigenvalue weighted by atomic mass is 9.90. The highest BCUT2D eigenvalue weighted by atomic mass is 16.4. The molecule has 0 aliphatic carbocycles. The predicted molar refractivity (Wildman–Crippen MR) is 347 cm³/mol. The van der Waals surface area contributed by atoms with Gasteiger partial charge in [0.15, 0.2) is 5.96 Å². The maximum Gasteiger partial charge on any atom is 0.344 e. The second kappa shape index (κ2) is 40.9. The van der Waals surface area contributed by atoms with Crippen LogP contribution >= 0.6 is 0 Å². The average Bonchev–Trinajstić information content (AvgIpc) is 1.15. The third-order valence-corrected chi connectivity index (χ3v) is 14.9. The number of carbonyl (C=O) groups is 10. The molecule has 1 aliphatic rings. The highest BCUT2D eigenvalue weighted by molar-refractivity contribution is 5.98. The number of nitrogens with zero attached hydrogens (tertiary/aromatic N) is 5. The number of anilines is 1. The molecule has 504 valence electrons. The number of phenols is 1. The van der Waals surface area contributed by atoms with E-state index in [0.29, 0.717) is 93.6 Å². The molecule has 0 saturated carbocycles.